The number of pyridine rings is 1. The van der Waals surface area contributed by atoms with Gasteiger partial charge in [-0.25, -0.2) is 9.50 Å². The number of piperidine rings is 1. The molecule has 25 heavy (non-hydrogen) atoms. The molecule has 1 atom stereocenters. The third-order valence-electron chi connectivity index (χ3n) is 4.65. The van der Waals surface area contributed by atoms with E-state index < -0.39 is 0 Å². The number of aromatic nitrogens is 4. The lowest BCUT2D eigenvalue weighted by Crippen LogP contribution is -2.38. The van der Waals surface area contributed by atoms with E-state index in [-0.39, 0.29) is 17.5 Å². The number of H-pyrrole nitrogens is 1. The molecule has 0 radical (unpaired) electrons. The van der Waals surface area contributed by atoms with Gasteiger partial charge in [0.1, 0.15) is 0 Å². The van der Waals surface area contributed by atoms with Crippen LogP contribution in [0.1, 0.15) is 47.1 Å². The Kier molecular flexibility index (Phi) is 3.83. The highest BCUT2D eigenvalue weighted by molar-refractivity contribution is 5.94. The standard InChI is InChI=1S/C18H19N5O2/c1-12-10-17(24)23-16(20-12)11-14(21-23)15-4-2-3-9-22(15)18(25)13-5-7-19-8-6-13/h5-8,10-11,15,21H,2-4,9H2,1H3. The molecule has 1 aliphatic heterocycles. The molecule has 0 aliphatic carbocycles. The fourth-order valence-electron chi connectivity index (χ4n) is 3.46. The highest BCUT2D eigenvalue weighted by Gasteiger charge is 2.30. The van der Waals surface area contributed by atoms with Gasteiger partial charge in [0.2, 0.25) is 0 Å². The summed E-state index contributed by atoms with van der Waals surface area (Å²) in [5.74, 6) is -0.0118. The summed E-state index contributed by atoms with van der Waals surface area (Å²) in [6.45, 7) is 2.50. The van der Waals surface area contributed by atoms with Gasteiger partial charge < -0.3 is 4.90 Å². The number of nitrogens with zero attached hydrogens (tertiary/aromatic N) is 4. The maximum absolute atomic E-state index is 12.9. The van der Waals surface area contributed by atoms with Gasteiger partial charge in [0.15, 0.2) is 5.65 Å². The summed E-state index contributed by atoms with van der Waals surface area (Å²) < 4.78 is 1.44. The van der Waals surface area contributed by atoms with Crippen molar-refractivity contribution in [3.05, 3.63) is 64.0 Å². The highest BCUT2D eigenvalue weighted by Crippen LogP contribution is 2.31. The maximum Gasteiger partial charge on any atom is 0.272 e. The Morgan fingerprint density at radius 3 is 2.84 bits per heavy atom. The predicted molar refractivity (Wildman–Crippen MR) is 92.4 cm³/mol. The number of fused-ring (bicyclic) bond motifs is 1. The van der Waals surface area contributed by atoms with E-state index in [0.29, 0.717) is 23.4 Å². The normalized spacial score (nSPS) is 17.8. The number of aryl methyl sites for hydroxylation is 1. The van der Waals surface area contributed by atoms with Crippen molar-refractivity contribution in [3.63, 3.8) is 0 Å². The van der Waals surface area contributed by atoms with Gasteiger partial charge in [-0.2, -0.15) is 0 Å². The minimum atomic E-state index is -0.142. The Morgan fingerprint density at radius 2 is 2.04 bits per heavy atom. The van der Waals surface area contributed by atoms with E-state index >= 15 is 0 Å². The molecule has 1 saturated heterocycles. The van der Waals surface area contributed by atoms with Crippen LogP contribution in [0.3, 0.4) is 0 Å². The van der Waals surface area contributed by atoms with Gasteiger partial charge >= 0.3 is 0 Å². The molecule has 4 heterocycles. The lowest BCUT2D eigenvalue weighted by Gasteiger charge is -2.35. The van der Waals surface area contributed by atoms with Crippen LogP contribution < -0.4 is 5.56 Å². The molecular weight excluding hydrogens is 318 g/mol. The Hall–Kier alpha value is -2.96. The van der Waals surface area contributed by atoms with Gasteiger partial charge in [0.05, 0.1) is 11.7 Å². The van der Waals surface area contributed by atoms with E-state index in [9.17, 15) is 9.59 Å². The van der Waals surface area contributed by atoms with E-state index in [1.54, 1.807) is 31.5 Å². The van der Waals surface area contributed by atoms with Crippen LogP contribution in [0, 0.1) is 6.92 Å². The van der Waals surface area contributed by atoms with Crippen molar-refractivity contribution in [3.8, 4) is 0 Å². The molecule has 0 spiro atoms. The third kappa shape index (κ3) is 2.82. The van der Waals surface area contributed by atoms with Gasteiger partial charge in [0.25, 0.3) is 11.5 Å². The van der Waals surface area contributed by atoms with Gasteiger partial charge in [-0.05, 0) is 38.3 Å². The first-order valence-corrected chi connectivity index (χ1v) is 8.44. The second-order valence-electron chi connectivity index (χ2n) is 6.39. The Morgan fingerprint density at radius 1 is 1.24 bits per heavy atom. The molecule has 3 aromatic rings. The van der Waals surface area contributed by atoms with Crippen LogP contribution in [0.25, 0.3) is 5.65 Å². The molecule has 7 heteroatoms. The van der Waals surface area contributed by atoms with Crippen LogP contribution in [0.4, 0.5) is 0 Å². The van der Waals surface area contributed by atoms with Crippen LogP contribution in [-0.4, -0.2) is 36.9 Å². The smallest absolute Gasteiger partial charge is 0.272 e. The molecule has 128 valence electrons. The van der Waals surface area contributed by atoms with Crippen molar-refractivity contribution in [1.29, 1.82) is 0 Å². The van der Waals surface area contributed by atoms with Crippen LogP contribution >= 0.6 is 0 Å². The topological polar surface area (TPSA) is 83.4 Å². The first kappa shape index (κ1) is 15.6. The van der Waals surface area contributed by atoms with Gasteiger partial charge in [-0.15, -0.1) is 0 Å². The zero-order chi connectivity index (χ0) is 17.4. The lowest BCUT2D eigenvalue weighted by atomic mass is 9.98. The van der Waals surface area contributed by atoms with E-state index in [1.807, 2.05) is 11.0 Å². The summed E-state index contributed by atoms with van der Waals surface area (Å²) in [4.78, 5) is 35.3. The van der Waals surface area contributed by atoms with E-state index in [2.05, 4.69) is 15.1 Å². The molecule has 0 bridgehead atoms. The van der Waals surface area contributed by atoms with Crippen molar-refractivity contribution in [2.45, 2.75) is 32.2 Å². The third-order valence-corrected chi connectivity index (χ3v) is 4.65. The minimum Gasteiger partial charge on any atom is -0.330 e. The average Bonchev–Trinajstić information content (AvgIpc) is 3.06. The second-order valence-corrected chi connectivity index (χ2v) is 6.39. The monoisotopic (exact) mass is 337 g/mol. The van der Waals surface area contributed by atoms with Gasteiger partial charge in [0, 0.05) is 42.3 Å². The summed E-state index contributed by atoms with van der Waals surface area (Å²) in [5.41, 5.74) is 2.60. The largest absolute Gasteiger partial charge is 0.330 e. The number of carbonyl (C=O) groups is 1. The fourth-order valence-corrected chi connectivity index (χ4v) is 3.46. The molecule has 1 fully saturated rings. The number of likely N-dealkylation sites (tertiary alicyclic amines) is 1. The SMILES string of the molecule is Cc1cc(=O)n2[nH]c(C3CCCCN3C(=O)c3ccncc3)cc2n1. The molecule has 4 rings (SSSR count). The molecule has 1 N–H and O–H groups in total. The van der Waals surface area contributed by atoms with E-state index in [1.165, 1.54) is 10.6 Å². The van der Waals surface area contributed by atoms with Crippen molar-refractivity contribution in [2.24, 2.45) is 0 Å². The number of nitrogens with one attached hydrogen (secondary N) is 1. The summed E-state index contributed by atoms with van der Waals surface area (Å²) >= 11 is 0. The van der Waals surface area contributed by atoms with Crippen molar-refractivity contribution in [1.82, 2.24) is 24.5 Å². The van der Waals surface area contributed by atoms with Crippen molar-refractivity contribution < 1.29 is 4.79 Å². The maximum atomic E-state index is 12.9. The molecule has 1 aliphatic rings. The average molecular weight is 337 g/mol. The zero-order valence-corrected chi connectivity index (χ0v) is 14.0. The Labute approximate surface area is 144 Å². The molecule has 7 nitrogen and oxygen atoms in total. The van der Waals surface area contributed by atoms with Gasteiger partial charge in [-0.3, -0.25) is 19.7 Å². The number of hydrogen-bond acceptors (Lipinski definition) is 4. The molecular formula is C18H19N5O2. The molecule has 1 unspecified atom stereocenters. The fraction of sp³-hybridized carbons (Fsp3) is 0.333. The number of carbonyl (C=O) groups excluding carboxylic acids is 1. The quantitative estimate of drug-likeness (QED) is 0.776. The van der Waals surface area contributed by atoms with E-state index in [0.717, 1.165) is 25.0 Å². The highest BCUT2D eigenvalue weighted by atomic mass is 16.2. The lowest BCUT2D eigenvalue weighted by molar-refractivity contribution is 0.0605. The summed E-state index contributed by atoms with van der Waals surface area (Å²) in [6, 6.07) is 6.74. The van der Waals surface area contributed by atoms with Crippen LogP contribution in [0.15, 0.2) is 41.5 Å². The predicted octanol–water partition coefficient (Wildman–Crippen LogP) is 2.09. The van der Waals surface area contributed by atoms with Crippen molar-refractivity contribution >= 4 is 11.6 Å². The van der Waals surface area contributed by atoms with Crippen LogP contribution in [0.2, 0.25) is 0 Å². The zero-order valence-electron chi connectivity index (χ0n) is 14.0. The Bertz CT molecular complexity index is 976. The molecule has 1 amide bonds. The van der Waals surface area contributed by atoms with Gasteiger partial charge in [-0.1, -0.05) is 0 Å². The summed E-state index contributed by atoms with van der Waals surface area (Å²) in [6.07, 6.45) is 6.13. The summed E-state index contributed by atoms with van der Waals surface area (Å²) in [7, 11) is 0. The van der Waals surface area contributed by atoms with Crippen LogP contribution in [-0.2, 0) is 0 Å². The van der Waals surface area contributed by atoms with E-state index in [4.69, 9.17) is 0 Å². The first-order valence-electron chi connectivity index (χ1n) is 8.44. The van der Waals surface area contributed by atoms with Crippen molar-refractivity contribution in [2.75, 3.05) is 6.54 Å². The molecule has 0 saturated carbocycles. The molecule has 3 aromatic heterocycles. The summed E-state index contributed by atoms with van der Waals surface area (Å²) in [5, 5.41) is 3.13. The van der Waals surface area contributed by atoms with Crippen LogP contribution in [0.5, 0.6) is 0 Å². The second kappa shape index (κ2) is 6.16. The minimum absolute atomic E-state index is 0.0118. The Balaban J connectivity index is 1.73. The number of amides is 1. The number of rotatable bonds is 2. The number of aromatic amines is 1. The molecule has 0 aromatic carbocycles. The number of hydrogen-bond donors (Lipinski definition) is 1. The first-order chi connectivity index (χ1) is 12.1.